The van der Waals surface area contributed by atoms with Crippen LogP contribution in [0.25, 0.3) is 0 Å². The summed E-state index contributed by atoms with van der Waals surface area (Å²) in [4.78, 5) is 0. The minimum Gasteiger partial charge on any atom is -0.380 e. The van der Waals surface area contributed by atoms with Crippen LogP contribution in [0.4, 0.5) is 8.78 Å². The molecule has 0 atom stereocenters. The number of hydrogen-bond acceptors (Lipinski definition) is 2. The molecule has 1 saturated carbocycles. The molecule has 1 saturated heterocycles. The van der Waals surface area contributed by atoms with Gasteiger partial charge in [-0.25, -0.2) is 8.78 Å². The van der Waals surface area contributed by atoms with Gasteiger partial charge >= 0.3 is 0 Å². The van der Waals surface area contributed by atoms with Crippen molar-refractivity contribution in [3.63, 3.8) is 0 Å². The van der Waals surface area contributed by atoms with Crippen LogP contribution < -0.4 is 0 Å². The number of benzene rings is 1. The molecule has 88 valence electrons. The zero-order valence-electron chi connectivity index (χ0n) is 9.17. The van der Waals surface area contributed by atoms with E-state index < -0.39 is 17.0 Å². The second kappa shape index (κ2) is 3.27. The van der Waals surface area contributed by atoms with Crippen LogP contribution in [0.3, 0.4) is 0 Å². The average Bonchev–Trinajstić information content (AvgIpc) is 2.17. The van der Waals surface area contributed by atoms with Crippen LogP contribution in [-0.2, 0) is 10.2 Å². The van der Waals surface area contributed by atoms with Gasteiger partial charge in [-0.1, -0.05) is 6.07 Å². The molecule has 1 aromatic carbocycles. The molecule has 1 aromatic rings. The maximum atomic E-state index is 13.7. The second-order valence-electron chi connectivity index (χ2n) is 5.16. The Bertz CT molecular complexity index is 509. The van der Waals surface area contributed by atoms with E-state index >= 15 is 0 Å². The Kier molecular flexibility index (Phi) is 2.05. The van der Waals surface area contributed by atoms with Gasteiger partial charge in [0, 0.05) is 17.0 Å². The first-order valence-electron chi connectivity index (χ1n) is 5.54. The van der Waals surface area contributed by atoms with Gasteiger partial charge in [-0.2, -0.15) is 5.26 Å². The number of rotatable bonds is 1. The molecule has 2 fully saturated rings. The Hall–Kier alpha value is -1.47. The van der Waals surface area contributed by atoms with Gasteiger partial charge in [0.05, 0.1) is 24.7 Å². The molecule has 0 aromatic heterocycles. The second-order valence-corrected chi connectivity index (χ2v) is 5.16. The van der Waals surface area contributed by atoms with Crippen LogP contribution in [0.5, 0.6) is 0 Å². The minimum atomic E-state index is -0.790. The quantitative estimate of drug-likeness (QED) is 0.749. The van der Waals surface area contributed by atoms with Gasteiger partial charge in [0.25, 0.3) is 0 Å². The average molecular weight is 235 g/mol. The van der Waals surface area contributed by atoms with Crippen molar-refractivity contribution in [1.29, 1.82) is 5.26 Å². The zero-order valence-corrected chi connectivity index (χ0v) is 9.17. The zero-order chi connectivity index (χ0) is 12.1. The Balaban J connectivity index is 1.94. The Labute approximate surface area is 97.8 Å². The fourth-order valence-corrected chi connectivity index (χ4v) is 3.03. The van der Waals surface area contributed by atoms with Gasteiger partial charge in [0.1, 0.15) is 11.6 Å². The third-order valence-corrected chi connectivity index (χ3v) is 3.83. The van der Waals surface area contributed by atoms with Gasteiger partial charge in [-0.05, 0) is 18.9 Å². The lowest BCUT2D eigenvalue weighted by atomic mass is 9.50. The third-order valence-electron chi connectivity index (χ3n) is 3.83. The molecule has 3 rings (SSSR count). The normalized spacial score (nSPS) is 23.6. The van der Waals surface area contributed by atoms with E-state index in [1.54, 1.807) is 0 Å². The van der Waals surface area contributed by atoms with Crippen molar-refractivity contribution in [2.24, 2.45) is 5.41 Å². The fourth-order valence-electron chi connectivity index (χ4n) is 3.03. The summed E-state index contributed by atoms with van der Waals surface area (Å²) in [6.07, 6.45) is 1.22. The van der Waals surface area contributed by atoms with Crippen molar-refractivity contribution in [2.45, 2.75) is 18.3 Å². The van der Waals surface area contributed by atoms with E-state index in [4.69, 9.17) is 4.74 Å². The van der Waals surface area contributed by atoms with Gasteiger partial charge < -0.3 is 4.74 Å². The number of nitrogens with zero attached hydrogens (tertiary/aromatic N) is 1. The molecule has 0 unspecified atom stereocenters. The first-order chi connectivity index (χ1) is 8.09. The monoisotopic (exact) mass is 235 g/mol. The highest BCUT2D eigenvalue weighted by atomic mass is 19.1. The van der Waals surface area contributed by atoms with E-state index in [-0.39, 0.29) is 5.41 Å². The van der Waals surface area contributed by atoms with E-state index in [2.05, 4.69) is 6.07 Å². The van der Waals surface area contributed by atoms with Gasteiger partial charge in [0.2, 0.25) is 0 Å². The minimum absolute atomic E-state index is 0.0660. The molecule has 0 radical (unpaired) electrons. The summed E-state index contributed by atoms with van der Waals surface area (Å²) in [5, 5.41) is 9.28. The van der Waals surface area contributed by atoms with Crippen LogP contribution in [0, 0.1) is 28.4 Å². The lowest BCUT2D eigenvalue weighted by Crippen LogP contribution is -2.59. The molecule has 1 aliphatic heterocycles. The molecule has 4 heteroatoms. The maximum absolute atomic E-state index is 13.7. The first-order valence-corrected chi connectivity index (χ1v) is 5.54. The van der Waals surface area contributed by atoms with E-state index in [0.717, 1.165) is 6.07 Å². The summed E-state index contributed by atoms with van der Waals surface area (Å²) < 4.78 is 31.7. The summed E-state index contributed by atoms with van der Waals surface area (Å²) >= 11 is 0. The van der Waals surface area contributed by atoms with Crippen molar-refractivity contribution >= 4 is 0 Å². The smallest absolute Gasteiger partial charge is 0.130 e. The Morgan fingerprint density at radius 3 is 2.41 bits per heavy atom. The summed E-state index contributed by atoms with van der Waals surface area (Å²) in [6.45, 7) is 1.30. The lowest BCUT2D eigenvalue weighted by Gasteiger charge is -2.57. The lowest BCUT2D eigenvalue weighted by molar-refractivity contribution is -0.178. The number of hydrogen-bond donors (Lipinski definition) is 0. The molecule has 17 heavy (non-hydrogen) atoms. The summed E-state index contributed by atoms with van der Waals surface area (Å²) in [5.41, 5.74) is -0.406. The molecular weight excluding hydrogens is 224 g/mol. The topological polar surface area (TPSA) is 33.0 Å². The molecule has 0 N–H and O–H groups in total. The predicted octanol–water partition coefficient (Wildman–Crippen LogP) is 2.54. The number of ether oxygens (including phenoxy) is 1. The fraction of sp³-hybridized carbons (Fsp3) is 0.462. The third kappa shape index (κ3) is 1.39. The van der Waals surface area contributed by atoms with Crippen LogP contribution >= 0.6 is 0 Å². The number of nitriles is 1. The van der Waals surface area contributed by atoms with Crippen LogP contribution in [0.2, 0.25) is 0 Å². The highest BCUT2D eigenvalue weighted by molar-refractivity contribution is 5.39. The molecule has 1 spiro atoms. The van der Waals surface area contributed by atoms with E-state index in [1.165, 1.54) is 12.1 Å². The Morgan fingerprint density at radius 1 is 1.24 bits per heavy atom. The SMILES string of the molecule is N#CC1(c2ccc(F)cc2F)CC2(COC2)C1. The standard InChI is InChI=1S/C13H11F2NO/c14-9-1-2-10(11(15)3-9)13(6-16)4-12(5-13)7-17-8-12/h1-3H,4-5,7-8H2. The van der Waals surface area contributed by atoms with E-state index in [1.807, 2.05) is 0 Å². The van der Waals surface area contributed by atoms with Crippen molar-refractivity contribution in [2.75, 3.05) is 13.2 Å². The molecule has 0 amide bonds. The molecule has 1 heterocycles. The largest absolute Gasteiger partial charge is 0.380 e. The van der Waals surface area contributed by atoms with Gasteiger partial charge in [-0.15, -0.1) is 0 Å². The van der Waals surface area contributed by atoms with Crippen LogP contribution in [0.1, 0.15) is 18.4 Å². The summed E-state index contributed by atoms with van der Waals surface area (Å²) in [7, 11) is 0. The molecular formula is C13H11F2NO. The Morgan fingerprint density at radius 2 is 1.94 bits per heavy atom. The van der Waals surface area contributed by atoms with E-state index in [9.17, 15) is 14.0 Å². The molecule has 2 aliphatic rings. The van der Waals surface area contributed by atoms with Crippen molar-refractivity contribution < 1.29 is 13.5 Å². The number of halogens is 2. The summed E-state index contributed by atoms with van der Waals surface area (Å²) in [6, 6.07) is 5.64. The molecule has 2 nitrogen and oxygen atoms in total. The molecule has 0 bridgehead atoms. The highest BCUT2D eigenvalue weighted by Gasteiger charge is 2.60. The first kappa shape index (κ1) is 10.7. The predicted molar refractivity (Wildman–Crippen MR) is 56.1 cm³/mol. The van der Waals surface area contributed by atoms with Gasteiger partial charge in [0.15, 0.2) is 0 Å². The van der Waals surface area contributed by atoms with Gasteiger partial charge in [-0.3, -0.25) is 0 Å². The van der Waals surface area contributed by atoms with Crippen LogP contribution in [0.15, 0.2) is 18.2 Å². The summed E-state index contributed by atoms with van der Waals surface area (Å²) in [5.74, 6) is -1.23. The van der Waals surface area contributed by atoms with Crippen LogP contribution in [-0.4, -0.2) is 13.2 Å². The van der Waals surface area contributed by atoms with Crippen molar-refractivity contribution in [3.05, 3.63) is 35.4 Å². The maximum Gasteiger partial charge on any atom is 0.130 e. The highest BCUT2D eigenvalue weighted by Crippen LogP contribution is 2.59. The van der Waals surface area contributed by atoms with Crippen molar-refractivity contribution in [3.8, 4) is 6.07 Å². The molecule has 1 aliphatic carbocycles. The van der Waals surface area contributed by atoms with Crippen molar-refractivity contribution in [1.82, 2.24) is 0 Å². The van der Waals surface area contributed by atoms with E-state index in [0.29, 0.717) is 31.6 Å².